The highest BCUT2D eigenvalue weighted by molar-refractivity contribution is 9.10. The molecule has 1 atom stereocenters. The molecule has 1 radical (unpaired) electrons. The summed E-state index contributed by atoms with van der Waals surface area (Å²) in [6.07, 6.45) is 4.52. The fourth-order valence-corrected chi connectivity index (χ4v) is 7.18. The zero-order valence-corrected chi connectivity index (χ0v) is 26.3. The Kier molecular flexibility index (Phi) is 9.81. The number of amides is 1. The average Bonchev–Trinajstić information content (AvgIpc) is 2.73. The molecule has 1 aromatic heterocycles. The number of fused-ring (bicyclic) bond motifs is 1. The topological polar surface area (TPSA) is 85.8 Å². The van der Waals surface area contributed by atoms with E-state index in [9.17, 15) is 13.2 Å². The molecule has 36 heavy (non-hydrogen) atoms. The van der Waals surface area contributed by atoms with E-state index in [2.05, 4.69) is 54.8 Å². The van der Waals surface area contributed by atoms with Crippen LogP contribution in [0.25, 0.3) is 10.8 Å². The van der Waals surface area contributed by atoms with Crippen molar-refractivity contribution in [1.82, 2.24) is 9.88 Å². The Morgan fingerprint density at radius 2 is 1.81 bits per heavy atom. The SMILES string of the molecule is C[CH][C@@H](N(CCCO[Si](C)(C)C(C)(C)C)C(=O)OC(C)(C)C)S(=O)(=O)c1cccc2cncc(Br)c12. The highest BCUT2D eigenvalue weighted by atomic mass is 79.9. The van der Waals surface area contributed by atoms with E-state index in [0.29, 0.717) is 28.3 Å². The minimum Gasteiger partial charge on any atom is -0.444 e. The fourth-order valence-electron chi connectivity index (χ4n) is 3.47. The van der Waals surface area contributed by atoms with Crippen LogP contribution in [0.1, 0.15) is 54.9 Å². The average molecular weight is 601 g/mol. The zero-order valence-electron chi connectivity index (χ0n) is 22.9. The van der Waals surface area contributed by atoms with Gasteiger partial charge in [-0.3, -0.25) is 9.88 Å². The Labute approximate surface area is 226 Å². The van der Waals surface area contributed by atoms with Gasteiger partial charge in [-0.15, -0.1) is 0 Å². The van der Waals surface area contributed by atoms with Crippen LogP contribution in [-0.4, -0.2) is 56.8 Å². The lowest BCUT2D eigenvalue weighted by Gasteiger charge is -2.37. The molecule has 0 aliphatic rings. The van der Waals surface area contributed by atoms with Gasteiger partial charge in [0.25, 0.3) is 0 Å². The summed E-state index contributed by atoms with van der Waals surface area (Å²) in [7, 11) is -5.99. The van der Waals surface area contributed by atoms with Crippen LogP contribution in [0.3, 0.4) is 0 Å². The summed E-state index contributed by atoms with van der Waals surface area (Å²) >= 11 is 3.45. The van der Waals surface area contributed by atoms with Crippen molar-refractivity contribution in [3.8, 4) is 0 Å². The van der Waals surface area contributed by atoms with Crippen LogP contribution in [0.5, 0.6) is 0 Å². The quantitative estimate of drug-likeness (QED) is 0.228. The Bertz CT molecular complexity index is 1170. The molecule has 0 bridgehead atoms. The molecule has 0 aliphatic heterocycles. The fraction of sp³-hybridized carbons (Fsp3) is 0.577. The van der Waals surface area contributed by atoms with Crippen LogP contribution >= 0.6 is 15.9 Å². The van der Waals surface area contributed by atoms with Gasteiger partial charge in [-0.1, -0.05) is 39.8 Å². The van der Waals surface area contributed by atoms with Gasteiger partial charge in [0.15, 0.2) is 18.2 Å². The van der Waals surface area contributed by atoms with Crippen molar-refractivity contribution >= 4 is 51.0 Å². The molecule has 0 aliphatic carbocycles. The Hall–Kier alpha value is -1.49. The van der Waals surface area contributed by atoms with Crippen LogP contribution in [0.4, 0.5) is 4.79 Å². The molecule has 1 amide bonds. The monoisotopic (exact) mass is 599 g/mol. The number of halogens is 1. The van der Waals surface area contributed by atoms with E-state index in [4.69, 9.17) is 9.16 Å². The molecule has 2 aromatic rings. The molecule has 0 saturated heterocycles. The van der Waals surface area contributed by atoms with Gasteiger partial charge < -0.3 is 9.16 Å². The van der Waals surface area contributed by atoms with Gasteiger partial charge in [0, 0.05) is 40.8 Å². The van der Waals surface area contributed by atoms with E-state index >= 15 is 0 Å². The van der Waals surface area contributed by atoms with Crippen LogP contribution in [0.15, 0.2) is 40.0 Å². The third-order valence-electron chi connectivity index (χ3n) is 6.36. The van der Waals surface area contributed by atoms with Gasteiger partial charge in [0.1, 0.15) is 11.0 Å². The number of aromatic nitrogens is 1. The van der Waals surface area contributed by atoms with Crippen molar-refractivity contribution in [1.29, 1.82) is 0 Å². The maximum Gasteiger partial charge on any atom is 0.411 e. The molecule has 7 nitrogen and oxygen atoms in total. The normalized spacial score (nSPS) is 14.1. The van der Waals surface area contributed by atoms with Gasteiger partial charge >= 0.3 is 6.09 Å². The number of nitrogens with zero attached hydrogens (tertiary/aromatic N) is 2. The molecule has 2 rings (SSSR count). The first kappa shape index (κ1) is 30.7. The van der Waals surface area contributed by atoms with Crippen LogP contribution in [0.2, 0.25) is 18.1 Å². The number of hydrogen-bond acceptors (Lipinski definition) is 6. The van der Waals surface area contributed by atoms with E-state index in [1.54, 1.807) is 58.3 Å². The predicted molar refractivity (Wildman–Crippen MR) is 151 cm³/mol. The van der Waals surface area contributed by atoms with Gasteiger partial charge in [-0.2, -0.15) is 0 Å². The van der Waals surface area contributed by atoms with E-state index < -0.39 is 35.2 Å². The maximum absolute atomic E-state index is 14.0. The zero-order chi connectivity index (χ0) is 27.5. The van der Waals surface area contributed by atoms with Gasteiger partial charge in [0.05, 0.1) is 4.90 Å². The number of benzene rings is 1. The standard InChI is InChI=1S/C26H40BrN2O5SSi/c1-10-22(35(31,32)21-14-11-13-19-17-28-18-20(27)23(19)21)29(24(30)34-25(2,3)4)15-12-16-33-36(8,9)26(5,6)7/h10-11,13-14,17-18,22H,12,15-16H2,1-9H3/t22-/m0/s1. The van der Waals surface area contributed by atoms with Crippen LogP contribution < -0.4 is 0 Å². The molecule has 201 valence electrons. The molecule has 0 fully saturated rings. The summed E-state index contributed by atoms with van der Waals surface area (Å²) in [6, 6.07) is 5.05. The van der Waals surface area contributed by atoms with Crippen molar-refractivity contribution in [2.45, 2.75) is 88.9 Å². The molecule has 10 heteroatoms. The Morgan fingerprint density at radius 3 is 2.36 bits per heavy atom. The molecular weight excluding hydrogens is 560 g/mol. The van der Waals surface area contributed by atoms with E-state index in [1.165, 1.54) is 11.3 Å². The van der Waals surface area contributed by atoms with Crippen molar-refractivity contribution in [2.75, 3.05) is 13.2 Å². The second kappa shape index (κ2) is 11.5. The number of hydrogen-bond donors (Lipinski definition) is 0. The summed E-state index contributed by atoms with van der Waals surface area (Å²) < 4.78 is 40.5. The van der Waals surface area contributed by atoms with Crippen molar-refractivity contribution in [2.24, 2.45) is 0 Å². The lowest BCUT2D eigenvalue weighted by molar-refractivity contribution is 0.0230. The smallest absolute Gasteiger partial charge is 0.411 e. The van der Waals surface area contributed by atoms with Crippen molar-refractivity contribution in [3.05, 3.63) is 41.5 Å². The summed E-state index contributed by atoms with van der Waals surface area (Å²) in [5.74, 6) is 0. The van der Waals surface area contributed by atoms with Gasteiger partial charge in [0.2, 0.25) is 0 Å². The minimum absolute atomic E-state index is 0.0531. The van der Waals surface area contributed by atoms with E-state index in [0.717, 1.165) is 0 Å². The molecule has 0 saturated carbocycles. The lowest BCUT2D eigenvalue weighted by atomic mass is 10.2. The number of ether oxygens (including phenoxy) is 1. The molecule has 0 N–H and O–H groups in total. The summed E-state index contributed by atoms with van der Waals surface area (Å²) in [5.41, 5.74) is -0.775. The highest BCUT2D eigenvalue weighted by Gasteiger charge is 2.39. The van der Waals surface area contributed by atoms with E-state index in [1.807, 2.05) is 0 Å². The van der Waals surface area contributed by atoms with Crippen molar-refractivity contribution in [3.63, 3.8) is 0 Å². The predicted octanol–water partition coefficient (Wildman–Crippen LogP) is 6.97. The number of carbonyl (C=O) groups is 1. The second-order valence-corrected chi connectivity index (χ2v) is 19.1. The minimum atomic E-state index is -4.01. The first-order chi connectivity index (χ1) is 16.4. The second-order valence-electron chi connectivity index (χ2n) is 11.4. The van der Waals surface area contributed by atoms with Gasteiger partial charge in [-0.25, -0.2) is 13.2 Å². The van der Waals surface area contributed by atoms with Gasteiger partial charge in [-0.05, 0) is 73.7 Å². The molecule has 0 spiro atoms. The van der Waals surface area contributed by atoms with E-state index in [-0.39, 0.29) is 16.5 Å². The first-order valence-corrected chi connectivity index (χ1v) is 17.4. The van der Waals surface area contributed by atoms with Crippen LogP contribution in [-0.2, 0) is 19.0 Å². The first-order valence-electron chi connectivity index (χ1n) is 12.1. The number of carbonyl (C=O) groups excluding carboxylic acids is 1. The molecular formula is C26H40BrN2O5SSi. The molecule has 0 unspecified atom stereocenters. The van der Waals surface area contributed by atoms with Crippen LogP contribution in [0, 0.1) is 6.42 Å². The number of rotatable bonds is 9. The lowest BCUT2D eigenvalue weighted by Crippen LogP contribution is -2.48. The summed E-state index contributed by atoms with van der Waals surface area (Å²) in [6.45, 7) is 18.4. The molecule has 1 aromatic carbocycles. The van der Waals surface area contributed by atoms with Crippen molar-refractivity contribution < 1.29 is 22.4 Å². The number of pyridine rings is 1. The third kappa shape index (κ3) is 7.30. The maximum atomic E-state index is 14.0. The number of sulfone groups is 1. The Balaban J connectivity index is 2.43. The third-order valence-corrected chi connectivity index (χ3v) is 13.6. The summed E-state index contributed by atoms with van der Waals surface area (Å²) in [4.78, 5) is 18.9. The largest absolute Gasteiger partial charge is 0.444 e. The highest BCUT2D eigenvalue weighted by Crippen LogP contribution is 2.37. The molecule has 1 heterocycles. The Morgan fingerprint density at radius 1 is 1.17 bits per heavy atom. The summed E-state index contributed by atoms with van der Waals surface area (Å²) in [5, 5.41) is 0.0554.